The normalized spacial score (nSPS) is 12.3. The van der Waals surface area contributed by atoms with Crippen LogP contribution in [-0.2, 0) is 17.9 Å². The van der Waals surface area contributed by atoms with Crippen LogP contribution in [0.25, 0.3) is 0 Å². The van der Waals surface area contributed by atoms with Crippen LogP contribution >= 0.6 is 11.3 Å². The zero-order valence-corrected chi connectivity index (χ0v) is 11.0. The van der Waals surface area contributed by atoms with Crippen molar-refractivity contribution in [3.05, 3.63) is 46.5 Å². The average Bonchev–Trinajstić information content (AvgIpc) is 3.05. The molecule has 2 aromatic rings. The van der Waals surface area contributed by atoms with Crippen LogP contribution in [0.1, 0.15) is 17.6 Å². The highest BCUT2D eigenvalue weighted by Gasteiger charge is 2.12. The highest BCUT2D eigenvalue weighted by molar-refractivity contribution is 7.09. The maximum absolute atomic E-state index is 11.8. The number of nitrogens with one attached hydrogen (secondary N) is 2. The fourth-order valence-electron chi connectivity index (χ4n) is 1.50. The molecule has 18 heavy (non-hydrogen) atoms. The number of rotatable bonds is 6. The lowest BCUT2D eigenvalue weighted by Crippen LogP contribution is -2.41. The minimum absolute atomic E-state index is 0.0250. The standard InChI is InChI=1S/C13H16N2O2S/c1-10(14-9-12-5-3-7-18-12)13(16)15-8-11-4-2-6-17-11/h2-7,10,14H,8-9H2,1H3,(H,15,16). The smallest absolute Gasteiger partial charge is 0.237 e. The van der Waals surface area contributed by atoms with Crippen LogP contribution in [0.3, 0.4) is 0 Å². The molecule has 0 bridgehead atoms. The molecule has 2 heterocycles. The van der Waals surface area contributed by atoms with E-state index in [0.717, 1.165) is 5.76 Å². The van der Waals surface area contributed by atoms with Crippen LogP contribution in [0.5, 0.6) is 0 Å². The average molecular weight is 264 g/mol. The SMILES string of the molecule is CC(NCc1cccs1)C(=O)NCc1ccco1. The van der Waals surface area contributed by atoms with Gasteiger partial charge in [-0.25, -0.2) is 0 Å². The number of furan rings is 1. The Hall–Kier alpha value is -1.59. The molecule has 2 N–H and O–H groups in total. The minimum atomic E-state index is -0.220. The first-order chi connectivity index (χ1) is 8.75. The molecule has 0 saturated heterocycles. The van der Waals surface area contributed by atoms with Crippen molar-refractivity contribution < 1.29 is 9.21 Å². The summed E-state index contributed by atoms with van der Waals surface area (Å²) in [4.78, 5) is 13.0. The summed E-state index contributed by atoms with van der Waals surface area (Å²) in [5, 5.41) is 8.03. The number of hydrogen-bond acceptors (Lipinski definition) is 4. The predicted octanol–water partition coefficient (Wildman–Crippen LogP) is 2.14. The quantitative estimate of drug-likeness (QED) is 0.840. The van der Waals surface area contributed by atoms with E-state index in [1.54, 1.807) is 23.7 Å². The molecule has 0 radical (unpaired) electrons. The van der Waals surface area contributed by atoms with Crippen molar-refractivity contribution in [1.29, 1.82) is 0 Å². The lowest BCUT2D eigenvalue weighted by Gasteiger charge is -2.12. The molecular weight excluding hydrogens is 248 g/mol. The van der Waals surface area contributed by atoms with Gasteiger partial charge in [0, 0.05) is 11.4 Å². The van der Waals surface area contributed by atoms with E-state index in [1.807, 2.05) is 30.5 Å². The Kier molecular flexibility index (Phi) is 4.55. The molecule has 2 aromatic heterocycles. The number of amides is 1. The molecule has 1 amide bonds. The van der Waals surface area contributed by atoms with Gasteiger partial charge in [-0.05, 0) is 30.5 Å². The van der Waals surface area contributed by atoms with Gasteiger partial charge in [-0.1, -0.05) is 6.07 Å². The molecule has 2 rings (SSSR count). The Bertz CT molecular complexity index is 465. The Balaban J connectivity index is 1.71. The van der Waals surface area contributed by atoms with Crippen LogP contribution in [0.15, 0.2) is 40.3 Å². The summed E-state index contributed by atoms with van der Waals surface area (Å²) >= 11 is 1.68. The second-order valence-corrected chi connectivity index (χ2v) is 5.01. The van der Waals surface area contributed by atoms with Crippen molar-refractivity contribution >= 4 is 17.2 Å². The van der Waals surface area contributed by atoms with Gasteiger partial charge in [0.15, 0.2) is 0 Å². The maximum Gasteiger partial charge on any atom is 0.237 e. The van der Waals surface area contributed by atoms with Gasteiger partial charge in [-0.15, -0.1) is 11.3 Å². The number of carbonyl (C=O) groups excluding carboxylic acids is 1. The summed E-state index contributed by atoms with van der Waals surface area (Å²) in [6, 6.07) is 7.47. The second-order valence-electron chi connectivity index (χ2n) is 3.98. The van der Waals surface area contributed by atoms with Gasteiger partial charge >= 0.3 is 0 Å². The third kappa shape index (κ3) is 3.72. The largest absolute Gasteiger partial charge is 0.467 e. The predicted molar refractivity (Wildman–Crippen MR) is 71.2 cm³/mol. The molecule has 1 atom stereocenters. The van der Waals surface area contributed by atoms with E-state index in [-0.39, 0.29) is 11.9 Å². The number of thiophene rings is 1. The molecule has 0 fully saturated rings. The zero-order valence-electron chi connectivity index (χ0n) is 10.2. The van der Waals surface area contributed by atoms with Crippen molar-refractivity contribution in [3.63, 3.8) is 0 Å². The third-order valence-electron chi connectivity index (χ3n) is 2.57. The maximum atomic E-state index is 11.8. The topological polar surface area (TPSA) is 54.3 Å². The van der Waals surface area contributed by atoms with E-state index in [9.17, 15) is 4.79 Å². The highest BCUT2D eigenvalue weighted by atomic mass is 32.1. The number of hydrogen-bond donors (Lipinski definition) is 2. The monoisotopic (exact) mass is 264 g/mol. The lowest BCUT2D eigenvalue weighted by atomic mass is 10.3. The molecule has 0 saturated carbocycles. The molecule has 96 valence electrons. The Morgan fingerprint density at radius 1 is 1.39 bits per heavy atom. The van der Waals surface area contributed by atoms with Crippen LogP contribution in [0, 0.1) is 0 Å². The molecule has 0 spiro atoms. The molecule has 4 nitrogen and oxygen atoms in total. The molecular formula is C13H16N2O2S. The third-order valence-corrected chi connectivity index (χ3v) is 3.45. The highest BCUT2D eigenvalue weighted by Crippen LogP contribution is 2.07. The molecule has 1 unspecified atom stereocenters. The van der Waals surface area contributed by atoms with Gasteiger partial charge in [-0.3, -0.25) is 4.79 Å². The minimum Gasteiger partial charge on any atom is -0.467 e. The molecule has 0 aliphatic heterocycles. The van der Waals surface area contributed by atoms with Gasteiger partial charge in [0.25, 0.3) is 0 Å². The van der Waals surface area contributed by atoms with Crippen molar-refractivity contribution in [1.82, 2.24) is 10.6 Å². The Morgan fingerprint density at radius 2 is 2.28 bits per heavy atom. The van der Waals surface area contributed by atoms with Crippen LogP contribution in [0.2, 0.25) is 0 Å². The zero-order chi connectivity index (χ0) is 12.8. The van der Waals surface area contributed by atoms with E-state index < -0.39 is 0 Å². The Morgan fingerprint density at radius 3 is 2.94 bits per heavy atom. The first-order valence-corrected chi connectivity index (χ1v) is 6.69. The van der Waals surface area contributed by atoms with Crippen molar-refractivity contribution in [2.75, 3.05) is 0 Å². The summed E-state index contributed by atoms with van der Waals surface area (Å²) in [7, 11) is 0. The van der Waals surface area contributed by atoms with E-state index >= 15 is 0 Å². The summed E-state index contributed by atoms with van der Waals surface area (Å²) < 4.78 is 5.15. The van der Waals surface area contributed by atoms with E-state index in [2.05, 4.69) is 10.6 Å². The second kappa shape index (κ2) is 6.37. The van der Waals surface area contributed by atoms with Crippen LogP contribution in [-0.4, -0.2) is 11.9 Å². The molecule has 0 aliphatic carbocycles. The van der Waals surface area contributed by atoms with E-state index in [4.69, 9.17) is 4.42 Å². The van der Waals surface area contributed by atoms with Gasteiger partial charge in [0.05, 0.1) is 18.8 Å². The first-order valence-electron chi connectivity index (χ1n) is 5.81. The number of carbonyl (C=O) groups is 1. The van der Waals surface area contributed by atoms with Gasteiger partial charge in [0.2, 0.25) is 5.91 Å². The van der Waals surface area contributed by atoms with E-state index in [0.29, 0.717) is 13.1 Å². The molecule has 0 aliphatic rings. The van der Waals surface area contributed by atoms with Gasteiger partial charge in [0.1, 0.15) is 5.76 Å². The van der Waals surface area contributed by atoms with Crippen LogP contribution < -0.4 is 10.6 Å². The van der Waals surface area contributed by atoms with Crippen LogP contribution in [0.4, 0.5) is 0 Å². The lowest BCUT2D eigenvalue weighted by molar-refractivity contribution is -0.123. The summed E-state index contributed by atoms with van der Waals surface area (Å²) in [5.41, 5.74) is 0. The summed E-state index contributed by atoms with van der Waals surface area (Å²) in [6.45, 7) is 2.99. The van der Waals surface area contributed by atoms with Crippen molar-refractivity contribution in [2.45, 2.75) is 26.1 Å². The summed E-state index contributed by atoms with van der Waals surface area (Å²) in [6.07, 6.45) is 1.60. The first kappa shape index (κ1) is 12.9. The van der Waals surface area contributed by atoms with Crippen molar-refractivity contribution in [3.8, 4) is 0 Å². The van der Waals surface area contributed by atoms with E-state index in [1.165, 1.54) is 4.88 Å². The molecule has 0 aromatic carbocycles. The Labute approximate surface area is 110 Å². The fourth-order valence-corrected chi connectivity index (χ4v) is 2.16. The van der Waals surface area contributed by atoms with Gasteiger partial charge < -0.3 is 15.1 Å². The summed E-state index contributed by atoms with van der Waals surface area (Å²) in [5.74, 6) is 0.733. The van der Waals surface area contributed by atoms with Gasteiger partial charge in [-0.2, -0.15) is 0 Å². The van der Waals surface area contributed by atoms with Crippen molar-refractivity contribution in [2.24, 2.45) is 0 Å². The fraction of sp³-hybridized carbons (Fsp3) is 0.308. The molecule has 5 heteroatoms.